The number of rotatable bonds is 7. The van der Waals surface area contributed by atoms with Crippen LogP contribution < -0.4 is 24.4 Å². The predicted octanol–water partition coefficient (Wildman–Crippen LogP) is 4.73. The number of anilines is 2. The number of methoxy groups -OCH3 is 3. The molecule has 0 unspecified atom stereocenters. The molecule has 3 aromatic carbocycles. The number of aryl methyl sites for hydroxylation is 2. The summed E-state index contributed by atoms with van der Waals surface area (Å²) in [4.78, 5) is 28.7. The maximum atomic E-state index is 13.8. The number of carbonyl (C=O) groups is 2. The molecule has 1 N–H and O–H groups in total. The van der Waals surface area contributed by atoms with Crippen molar-refractivity contribution in [3.8, 4) is 17.2 Å². The van der Waals surface area contributed by atoms with Crippen LogP contribution in [0.3, 0.4) is 0 Å². The standard InChI is InChI=1S/C27H26N2O5/c1-16-10-11-22(17(2)12-16)29-26(30)24(21-8-6-7-9-23(21)34-5)25(27(29)31)28-18-13-19(32-3)15-20(14-18)33-4/h6-15,28H,1-5H3. The lowest BCUT2D eigenvalue weighted by Crippen LogP contribution is -2.33. The SMILES string of the molecule is COc1cc(NC2=C(c3ccccc3OC)C(=O)N(c3ccc(C)cc3C)C2=O)cc(OC)c1. The largest absolute Gasteiger partial charge is 0.497 e. The van der Waals surface area contributed by atoms with Crippen LogP contribution in [0.15, 0.2) is 66.4 Å². The third-order valence-electron chi connectivity index (χ3n) is 5.67. The third kappa shape index (κ3) is 4.08. The van der Waals surface area contributed by atoms with Crippen LogP contribution in [-0.4, -0.2) is 33.1 Å². The maximum absolute atomic E-state index is 13.8. The Balaban J connectivity index is 1.89. The number of hydrogen-bond acceptors (Lipinski definition) is 6. The number of hydrogen-bond donors (Lipinski definition) is 1. The average molecular weight is 459 g/mol. The van der Waals surface area contributed by atoms with E-state index in [1.54, 1.807) is 56.7 Å². The minimum absolute atomic E-state index is 0.143. The Hall–Kier alpha value is -4.26. The van der Waals surface area contributed by atoms with E-state index in [4.69, 9.17) is 14.2 Å². The average Bonchev–Trinajstić information content (AvgIpc) is 3.07. The van der Waals surface area contributed by atoms with E-state index >= 15 is 0 Å². The molecule has 7 nitrogen and oxygen atoms in total. The van der Waals surface area contributed by atoms with Gasteiger partial charge in [-0.05, 0) is 31.5 Å². The Morgan fingerprint density at radius 2 is 1.44 bits per heavy atom. The van der Waals surface area contributed by atoms with E-state index in [1.807, 2.05) is 32.0 Å². The zero-order chi connectivity index (χ0) is 24.4. The van der Waals surface area contributed by atoms with Gasteiger partial charge in [-0.15, -0.1) is 0 Å². The smallest absolute Gasteiger partial charge is 0.282 e. The van der Waals surface area contributed by atoms with Crippen molar-refractivity contribution >= 4 is 28.8 Å². The van der Waals surface area contributed by atoms with Gasteiger partial charge in [0.1, 0.15) is 22.9 Å². The summed E-state index contributed by atoms with van der Waals surface area (Å²) in [6.07, 6.45) is 0. The van der Waals surface area contributed by atoms with Crippen LogP contribution in [0, 0.1) is 13.8 Å². The van der Waals surface area contributed by atoms with Gasteiger partial charge in [-0.2, -0.15) is 0 Å². The molecule has 0 fully saturated rings. The van der Waals surface area contributed by atoms with Crippen molar-refractivity contribution in [1.29, 1.82) is 0 Å². The first-order valence-electron chi connectivity index (χ1n) is 10.7. The second-order valence-electron chi connectivity index (χ2n) is 7.91. The van der Waals surface area contributed by atoms with E-state index in [1.165, 1.54) is 12.0 Å². The molecule has 0 aliphatic carbocycles. The summed E-state index contributed by atoms with van der Waals surface area (Å²) in [6, 6.07) is 17.9. The lowest BCUT2D eigenvalue weighted by Gasteiger charge is -2.18. The fourth-order valence-electron chi connectivity index (χ4n) is 4.05. The van der Waals surface area contributed by atoms with Gasteiger partial charge in [0.15, 0.2) is 0 Å². The number of nitrogens with zero attached hydrogens (tertiary/aromatic N) is 1. The van der Waals surface area contributed by atoms with Gasteiger partial charge in [0, 0.05) is 29.4 Å². The Kier molecular flexibility index (Phi) is 6.27. The summed E-state index contributed by atoms with van der Waals surface area (Å²) in [5.74, 6) is 0.690. The number of benzene rings is 3. The van der Waals surface area contributed by atoms with Gasteiger partial charge in [-0.3, -0.25) is 9.59 Å². The molecule has 0 saturated carbocycles. The van der Waals surface area contributed by atoms with Gasteiger partial charge in [0.25, 0.3) is 11.8 Å². The van der Waals surface area contributed by atoms with Crippen LogP contribution in [-0.2, 0) is 9.59 Å². The number of nitrogens with one attached hydrogen (secondary N) is 1. The van der Waals surface area contributed by atoms with Gasteiger partial charge < -0.3 is 19.5 Å². The highest BCUT2D eigenvalue weighted by atomic mass is 16.5. The Labute approximate surface area is 198 Å². The fourth-order valence-corrected chi connectivity index (χ4v) is 4.05. The molecule has 0 radical (unpaired) electrons. The highest BCUT2D eigenvalue weighted by Crippen LogP contribution is 2.39. The first kappa shape index (κ1) is 22.9. The van der Waals surface area contributed by atoms with E-state index < -0.39 is 11.8 Å². The maximum Gasteiger partial charge on any atom is 0.282 e. The zero-order valence-electron chi connectivity index (χ0n) is 19.8. The van der Waals surface area contributed by atoms with Gasteiger partial charge in [-0.25, -0.2) is 4.90 Å². The van der Waals surface area contributed by atoms with Crippen molar-refractivity contribution in [2.45, 2.75) is 13.8 Å². The van der Waals surface area contributed by atoms with Crippen molar-refractivity contribution in [3.05, 3.63) is 83.1 Å². The molecule has 34 heavy (non-hydrogen) atoms. The van der Waals surface area contributed by atoms with Crippen molar-refractivity contribution in [2.75, 3.05) is 31.5 Å². The molecule has 1 heterocycles. The minimum Gasteiger partial charge on any atom is -0.497 e. The van der Waals surface area contributed by atoms with Gasteiger partial charge >= 0.3 is 0 Å². The number of imide groups is 1. The van der Waals surface area contributed by atoms with Crippen LogP contribution in [0.5, 0.6) is 17.2 Å². The first-order valence-corrected chi connectivity index (χ1v) is 10.7. The third-order valence-corrected chi connectivity index (χ3v) is 5.67. The molecule has 4 rings (SSSR count). The van der Waals surface area contributed by atoms with Crippen molar-refractivity contribution in [3.63, 3.8) is 0 Å². The molecule has 174 valence electrons. The predicted molar refractivity (Wildman–Crippen MR) is 131 cm³/mol. The monoisotopic (exact) mass is 458 g/mol. The molecule has 0 atom stereocenters. The number of carbonyl (C=O) groups excluding carboxylic acids is 2. The topological polar surface area (TPSA) is 77.1 Å². The Morgan fingerprint density at radius 1 is 0.765 bits per heavy atom. The molecule has 0 spiro atoms. The summed E-state index contributed by atoms with van der Waals surface area (Å²) < 4.78 is 16.2. The molecule has 2 amide bonds. The summed E-state index contributed by atoms with van der Waals surface area (Å²) in [7, 11) is 4.62. The molecule has 1 aliphatic heterocycles. The van der Waals surface area contributed by atoms with Gasteiger partial charge in [0.05, 0.1) is 32.6 Å². The van der Waals surface area contributed by atoms with Crippen molar-refractivity contribution in [1.82, 2.24) is 0 Å². The summed E-state index contributed by atoms with van der Waals surface area (Å²) >= 11 is 0. The van der Waals surface area contributed by atoms with E-state index in [9.17, 15) is 9.59 Å². The molecular weight excluding hydrogens is 432 g/mol. The molecule has 0 aromatic heterocycles. The second kappa shape index (κ2) is 9.31. The molecule has 0 bridgehead atoms. The van der Waals surface area contributed by atoms with Crippen LogP contribution in [0.1, 0.15) is 16.7 Å². The van der Waals surface area contributed by atoms with Crippen molar-refractivity contribution < 1.29 is 23.8 Å². The number of amides is 2. The summed E-state index contributed by atoms with van der Waals surface area (Å²) in [5, 5.41) is 3.15. The lowest BCUT2D eigenvalue weighted by molar-refractivity contribution is -0.120. The molecule has 1 aliphatic rings. The highest BCUT2D eigenvalue weighted by molar-refractivity contribution is 6.46. The van der Waals surface area contributed by atoms with Crippen LogP contribution in [0.2, 0.25) is 0 Å². The van der Waals surface area contributed by atoms with E-state index in [2.05, 4.69) is 5.32 Å². The summed E-state index contributed by atoms with van der Waals surface area (Å²) in [5.41, 5.74) is 3.84. The lowest BCUT2D eigenvalue weighted by atomic mass is 10.0. The van der Waals surface area contributed by atoms with Crippen LogP contribution in [0.4, 0.5) is 11.4 Å². The normalized spacial score (nSPS) is 13.4. The van der Waals surface area contributed by atoms with E-state index in [0.717, 1.165) is 11.1 Å². The van der Waals surface area contributed by atoms with Crippen LogP contribution >= 0.6 is 0 Å². The molecule has 7 heteroatoms. The molecule has 0 saturated heterocycles. The van der Waals surface area contributed by atoms with Crippen LogP contribution in [0.25, 0.3) is 5.57 Å². The Morgan fingerprint density at radius 3 is 2.06 bits per heavy atom. The van der Waals surface area contributed by atoms with Gasteiger partial charge in [-0.1, -0.05) is 35.9 Å². The highest BCUT2D eigenvalue weighted by Gasteiger charge is 2.41. The Bertz CT molecular complexity index is 1290. The molecular formula is C27H26N2O5. The van der Waals surface area contributed by atoms with E-state index in [0.29, 0.717) is 34.2 Å². The quantitative estimate of drug-likeness (QED) is 0.516. The minimum atomic E-state index is -0.459. The second-order valence-corrected chi connectivity index (χ2v) is 7.91. The summed E-state index contributed by atoms with van der Waals surface area (Å²) in [6.45, 7) is 3.84. The van der Waals surface area contributed by atoms with E-state index in [-0.39, 0.29) is 11.3 Å². The first-order chi connectivity index (χ1) is 16.4. The van der Waals surface area contributed by atoms with Crippen molar-refractivity contribution in [2.24, 2.45) is 0 Å². The number of ether oxygens (including phenoxy) is 3. The van der Waals surface area contributed by atoms with Gasteiger partial charge in [0.2, 0.25) is 0 Å². The fraction of sp³-hybridized carbons (Fsp3) is 0.185. The number of para-hydroxylation sites is 1. The molecule has 3 aromatic rings. The zero-order valence-corrected chi connectivity index (χ0v) is 19.8.